The Kier molecular flexibility index (Phi) is 3.74. The second kappa shape index (κ2) is 5.32. The van der Waals surface area contributed by atoms with Crippen LogP contribution in [0.15, 0.2) is 36.5 Å². The smallest absolute Gasteiger partial charge is 0.433 e. The molecular weight excluding hydrogens is 271 g/mol. The van der Waals surface area contributed by atoms with Crippen molar-refractivity contribution in [2.24, 2.45) is 0 Å². The summed E-state index contributed by atoms with van der Waals surface area (Å²) in [6.07, 6.45) is -2.76. The molecule has 0 aliphatic rings. The number of methoxy groups -OCH3 is 1. The number of ether oxygens (including phenoxy) is 1. The molecular formula is C14H10F3NO2. The van der Waals surface area contributed by atoms with E-state index in [2.05, 4.69) is 4.98 Å². The van der Waals surface area contributed by atoms with Crippen LogP contribution >= 0.6 is 0 Å². The normalized spacial score (nSPS) is 11.2. The number of rotatable bonds is 3. The molecule has 0 spiro atoms. The molecule has 0 saturated carbocycles. The molecule has 0 amide bonds. The van der Waals surface area contributed by atoms with Gasteiger partial charge in [-0.25, -0.2) is 0 Å². The first kappa shape index (κ1) is 14.0. The summed E-state index contributed by atoms with van der Waals surface area (Å²) >= 11 is 0. The number of pyridine rings is 1. The monoisotopic (exact) mass is 281 g/mol. The number of alkyl halides is 3. The Bertz CT molecular complexity index is 621. The molecule has 0 bridgehead atoms. The molecule has 1 heterocycles. The summed E-state index contributed by atoms with van der Waals surface area (Å²) in [5.41, 5.74) is 0.290. The third-order valence-electron chi connectivity index (χ3n) is 2.75. The highest BCUT2D eigenvalue weighted by molar-refractivity contribution is 5.88. The first-order chi connectivity index (χ1) is 9.45. The van der Waals surface area contributed by atoms with Gasteiger partial charge in [-0.3, -0.25) is 9.78 Å². The van der Waals surface area contributed by atoms with Crippen LogP contribution < -0.4 is 4.74 Å². The average Bonchev–Trinajstić information content (AvgIpc) is 2.45. The lowest BCUT2D eigenvalue weighted by Gasteiger charge is -2.09. The number of carbonyl (C=O) groups is 1. The lowest BCUT2D eigenvalue weighted by Crippen LogP contribution is -2.07. The highest BCUT2D eigenvalue weighted by atomic mass is 19.4. The summed E-state index contributed by atoms with van der Waals surface area (Å²) < 4.78 is 42.3. The van der Waals surface area contributed by atoms with Crippen molar-refractivity contribution in [3.05, 3.63) is 47.8 Å². The van der Waals surface area contributed by atoms with Crippen molar-refractivity contribution >= 4 is 6.29 Å². The minimum absolute atomic E-state index is 0.325. The minimum atomic E-state index is -4.48. The number of hydrogen-bond acceptors (Lipinski definition) is 3. The largest absolute Gasteiger partial charge is 0.497 e. The molecule has 0 atom stereocenters. The lowest BCUT2D eigenvalue weighted by molar-refractivity contribution is -0.141. The Hall–Kier alpha value is -2.37. The van der Waals surface area contributed by atoms with Crippen LogP contribution in [-0.2, 0) is 6.18 Å². The van der Waals surface area contributed by atoms with E-state index < -0.39 is 11.9 Å². The fraction of sp³-hybridized carbons (Fsp3) is 0.143. The Morgan fingerprint density at radius 1 is 1.20 bits per heavy atom. The maximum absolute atomic E-state index is 12.4. The van der Waals surface area contributed by atoms with Gasteiger partial charge in [0, 0.05) is 17.3 Å². The maximum Gasteiger partial charge on any atom is 0.433 e. The van der Waals surface area contributed by atoms with Gasteiger partial charge in [0.1, 0.15) is 11.4 Å². The van der Waals surface area contributed by atoms with E-state index in [1.807, 2.05) is 0 Å². The first-order valence-electron chi connectivity index (χ1n) is 5.62. The van der Waals surface area contributed by atoms with Gasteiger partial charge in [0.2, 0.25) is 0 Å². The summed E-state index contributed by atoms with van der Waals surface area (Å²) in [5.74, 6) is 0.496. The summed E-state index contributed by atoms with van der Waals surface area (Å²) in [6.45, 7) is 0. The summed E-state index contributed by atoms with van der Waals surface area (Å²) in [7, 11) is 1.46. The zero-order chi connectivity index (χ0) is 14.8. The summed E-state index contributed by atoms with van der Waals surface area (Å²) in [4.78, 5) is 14.4. The van der Waals surface area contributed by atoms with Crippen molar-refractivity contribution in [1.82, 2.24) is 4.98 Å². The van der Waals surface area contributed by atoms with Crippen molar-refractivity contribution in [3.63, 3.8) is 0 Å². The third kappa shape index (κ3) is 2.79. The van der Waals surface area contributed by atoms with Crippen LogP contribution in [0.1, 0.15) is 16.1 Å². The summed E-state index contributed by atoms with van der Waals surface area (Å²) in [5, 5.41) is 0. The molecule has 3 nitrogen and oxygen atoms in total. The molecule has 1 aromatic heterocycles. The van der Waals surface area contributed by atoms with E-state index in [4.69, 9.17) is 4.74 Å². The zero-order valence-electron chi connectivity index (χ0n) is 10.4. The predicted molar refractivity (Wildman–Crippen MR) is 66.6 cm³/mol. The number of hydrogen-bond donors (Lipinski definition) is 0. The Morgan fingerprint density at radius 3 is 2.45 bits per heavy atom. The van der Waals surface area contributed by atoms with Gasteiger partial charge in [-0.15, -0.1) is 0 Å². The van der Waals surface area contributed by atoms with Crippen molar-refractivity contribution in [1.29, 1.82) is 0 Å². The van der Waals surface area contributed by atoms with Crippen LogP contribution in [0, 0.1) is 0 Å². The Labute approximate surface area is 113 Å². The molecule has 0 fully saturated rings. The first-order valence-corrected chi connectivity index (χ1v) is 5.62. The van der Waals surface area contributed by atoms with Crippen molar-refractivity contribution in [3.8, 4) is 16.9 Å². The van der Waals surface area contributed by atoms with Crippen molar-refractivity contribution in [2.45, 2.75) is 6.18 Å². The Morgan fingerprint density at radius 2 is 1.95 bits per heavy atom. The second-order valence-electron chi connectivity index (χ2n) is 4.00. The van der Waals surface area contributed by atoms with Crippen LogP contribution in [0.3, 0.4) is 0 Å². The molecule has 0 N–H and O–H groups in total. The lowest BCUT2D eigenvalue weighted by atomic mass is 10.0. The number of aromatic nitrogens is 1. The molecule has 0 aliphatic heterocycles. The van der Waals surface area contributed by atoms with Gasteiger partial charge in [0.05, 0.1) is 7.11 Å². The molecule has 0 saturated heterocycles. The van der Waals surface area contributed by atoms with E-state index in [0.717, 1.165) is 12.3 Å². The van der Waals surface area contributed by atoms with Crippen molar-refractivity contribution in [2.75, 3.05) is 7.11 Å². The zero-order valence-corrected chi connectivity index (χ0v) is 10.4. The Balaban J connectivity index is 2.44. The molecule has 2 aromatic rings. The van der Waals surface area contributed by atoms with E-state index in [9.17, 15) is 18.0 Å². The number of halogens is 3. The van der Waals surface area contributed by atoms with Gasteiger partial charge in [0.15, 0.2) is 6.29 Å². The number of aldehydes is 1. The van der Waals surface area contributed by atoms with Gasteiger partial charge in [-0.2, -0.15) is 13.2 Å². The molecule has 0 unspecified atom stereocenters. The van der Waals surface area contributed by atoms with Gasteiger partial charge >= 0.3 is 6.18 Å². The fourth-order valence-corrected chi connectivity index (χ4v) is 1.75. The quantitative estimate of drug-likeness (QED) is 0.807. The molecule has 6 heteroatoms. The molecule has 104 valence electrons. The van der Waals surface area contributed by atoms with Crippen LogP contribution in [0.25, 0.3) is 11.1 Å². The SMILES string of the molecule is COc1ccc(-c2ccc(C(F)(F)F)nc2)c(C=O)c1. The highest BCUT2D eigenvalue weighted by Gasteiger charge is 2.32. The third-order valence-corrected chi connectivity index (χ3v) is 2.75. The number of benzene rings is 1. The standard InChI is InChI=1S/C14H10F3NO2/c1-20-11-3-4-12(10(6-11)8-19)9-2-5-13(18-7-9)14(15,16)17/h2-8H,1H3. The van der Waals surface area contributed by atoms with Crippen LogP contribution in [-0.4, -0.2) is 18.4 Å². The molecule has 0 aliphatic carbocycles. The maximum atomic E-state index is 12.4. The fourth-order valence-electron chi connectivity index (χ4n) is 1.75. The highest BCUT2D eigenvalue weighted by Crippen LogP contribution is 2.30. The minimum Gasteiger partial charge on any atom is -0.497 e. The molecule has 2 rings (SSSR count). The molecule has 20 heavy (non-hydrogen) atoms. The van der Waals surface area contributed by atoms with E-state index >= 15 is 0 Å². The van der Waals surface area contributed by atoms with Crippen LogP contribution in [0.5, 0.6) is 5.75 Å². The van der Waals surface area contributed by atoms with Gasteiger partial charge in [0.25, 0.3) is 0 Å². The van der Waals surface area contributed by atoms with E-state index in [0.29, 0.717) is 28.7 Å². The van der Waals surface area contributed by atoms with E-state index in [1.165, 1.54) is 19.2 Å². The van der Waals surface area contributed by atoms with E-state index in [1.54, 1.807) is 12.1 Å². The number of carbonyl (C=O) groups excluding carboxylic acids is 1. The van der Waals surface area contributed by atoms with Crippen molar-refractivity contribution < 1.29 is 22.7 Å². The van der Waals surface area contributed by atoms with Gasteiger partial charge in [-0.1, -0.05) is 6.07 Å². The van der Waals surface area contributed by atoms with Gasteiger partial charge < -0.3 is 4.74 Å². The van der Waals surface area contributed by atoms with Gasteiger partial charge in [-0.05, 0) is 29.8 Å². The van der Waals surface area contributed by atoms with Crippen LogP contribution in [0.2, 0.25) is 0 Å². The van der Waals surface area contributed by atoms with E-state index in [-0.39, 0.29) is 0 Å². The predicted octanol–water partition coefficient (Wildman–Crippen LogP) is 3.59. The summed E-state index contributed by atoms with van der Waals surface area (Å²) in [6, 6.07) is 6.91. The van der Waals surface area contributed by atoms with Crippen LogP contribution in [0.4, 0.5) is 13.2 Å². The topological polar surface area (TPSA) is 39.2 Å². The molecule has 1 aromatic carbocycles. The second-order valence-corrected chi connectivity index (χ2v) is 4.00. The number of nitrogens with zero attached hydrogens (tertiary/aromatic N) is 1. The average molecular weight is 281 g/mol. The molecule has 0 radical (unpaired) electrons.